The minimum atomic E-state index is -0.642. The molecule has 0 aliphatic rings. The Kier molecular flexibility index (Phi) is 4.45. The molecule has 0 atom stereocenters. The van der Waals surface area contributed by atoms with Gasteiger partial charge in [-0.1, -0.05) is 31.2 Å². The summed E-state index contributed by atoms with van der Waals surface area (Å²) in [6.45, 7) is 2.59. The van der Waals surface area contributed by atoms with Crippen molar-refractivity contribution in [3.05, 3.63) is 65.2 Å². The largest absolute Gasteiger partial charge is 0.337 e. The Bertz CT molecular complexity index is 596. The number of aromatic nitrogens is 1. The van der Waals surface area contributed by atoms with Crippen LogP contribution in [0.4, 0.5) is 4.39 Å². The lowest BCUT2D eigenvalue weighted by Gasteiger charge is -2.17. The van der Waals surface area contributed by atoms with Gasteiger partial charge < -0.3 is 4.90 Å². The fourth-order valence-electron chi connectivity index (χ4n) is 1.98. The minimum Gasteiger partial charge on any atom is -0.337 e. The molecule has 1 aromatic heterocycles. The maximum absolute atomic E-state index is 13.0. The maximum Gasteiger partial charge on any atom is 0.254 e. The first kappa shape index (κ1) is 14.2. The molecule has 1 amide bonds. The fourth-order valence-corrected chi connectivity index (χ4v) is 1.98. The molecule has 0 saturated carbocycles. The van der Waals surface area contributed by atoms with Gasteiger partial charge in [0.15, 0.2) is 0 Å². The summed E-state index contributed by atoms with van der Waals surface area (Å²) in [5.74, 6) is -0.859. The van der Waals surface area contributed by atoms with Gasteiger partial charge in [0.05, 0.1) is 0 Å². The van der Waals surface area contributed by atoms with E-state index in [4.69, 9.17) is 0 Å². The highest BCUT2D eigenvalue weighted by molar-refractivity contribution is 5.93. The van der Waals surface area contributed by atoms with Gasteiger partial charge in [-0.25, -0.2) is 4.98 Å². The van der Waals surface area contributed by atoms with Crippen LogP contribution in [0.15, 0.2) is 42.6 Å². The van der Waals surface area contributed by atoms with Crippen LogP contribution in [0.25, 0.3) is 0 Å². The first-order valence-corrected chi connectivity index (χ1v) is 6.55. The van der Waals surface area contributed by atoms with Gasteiger partial charge in [0.2, 0.25) is 5.95 Å². The third kappa shape index (κ3) is 3.41. The van der Waals surface area contributed by atoms with Crippen LogP contribution in [-0.2, 0) is 13.0 Å². The second-order valence-corrected chi connectivity index (χ2v) is 4.70. The molecule has 20 heavy (non-hydrogen) atoms. The quantitative estimate of drug-likeness (QED) is 0.801. The van der Waals surface area contributed by atoms with E-state index in [1.165, 1.54) is 17.8 Å². The van der Waals surface area contributed by atoms with E-state index in [1.807, 2.05) is 12.1 Å². The van der Waals surface area contributed by atoms with Crippen molar-refractivity contribution < 1.29 is 9.18 Å². The number of amides is 1. The first-order chi connectivity index (χ1) is 9.60. The zero-order valence-corrected chi connectivity index (χ0v) is 11.6. The van der Waals surface area contributed by atoms with Crippen molar-refractivity contribution in [3.8, 4) is 0 Å². The van der Waals surface area contributed by atoms with E-state index in [2.05, 4.69) is 24.0 Å². The third-order valence-corrected chi connectivity index (χ3v) is 3.17. The van der Waals surface area contributed by atoms with Crippen LogP contribution in [0.3, 0.4) is 0 Å². The van der Waals surface area contributed by atoms with Crippen molar-refractivity contribution in [3.63, 3.8) is 0 Å². The van der Waals surface area contributed by atoms with Gasteiger partial charge in [-0.05, 0) is 23.6 Å². The number of carbonyl (C=O) groups is 1. The number of nitrogens with zero attached hydrogens (tertiary/aromatic N) is 2. The van der Waals surface area contributed by atoms with E-state index in [9.17, 15) is 9.18 Å². The topological polar surface area (TPSA) is 33.2 Å². The van der Waals surface area contributed by atoms with E-state index < -0.39 is 5.95 Å². The van der Waals surface area contributed by atoms with E-state index in [0.29, 0.717) is 12.1 Å². The van der Waals surface area contributed by atoms with Crippen LogP contribution in [0.5, 0.6) is 0 Å². The molecule has 0 unspecified atom stereocenters. The van der Waals surface area contributed by atoms with Crippen molar-refractivity contribution in [1.82, 2.24) is 9.88 Å². The van der Waals surface area contributed by atoms with E-state index in [1.54, 1.807) is 11.9 Å². The maximum atomic E-state index is 13.0. The zero-order chi connectivity index (χ0) is 14.5. The molecule has 4 heteroatoms. The van der Waals surface area contributed by atoms with Crippen LogP contribution in [0, 0.1) is 5.95 Å². The average molecular weight is 272 g/mol. The Morgan fingerprint density at radius 2 is 1.85 bits per heavy atom. The van der Waals surface area contributed by atoms with Crippen molar-refractivity contribution in [2.24, 2.45) is 0 Å². The molecule has 104 valence electrons. The number of carbonyl (C=O) groups excluding carboxylic acids is 1. The fraction of sp³-hybridized carbons (Fsp3) is 0.250. The molecule has 3 nitrogen and oxygen atoms in total. The van der Waals surface area contributed by atoms with Crippen LogP contribution in [-0.4, -0.2) is 22.8 Å². The SMILES string of the molecule is CCc1ccc(CN(C)C(=O)c2ccnc(F)c2)cc1. The second-order valence-electron chi connectivity index (χ2n) is 4.70. The van der Waals surface area contributed by atoms with Gasteiger partial charge in [-0.3, -0.25) is 4.79 Å². The van der Waals surface area contributed by atoms with Crippen molar-refractivity contribution >= 4 is 5.91 Å². The van der Waals surface area contributed by atoms with Crippen molar-refractivity contribution in [2.75, 3.05) is 7.05 Å². The summed E-state index contributed by atoms with van der Waals surface area (Å²) >= 11 is 0. The summed E-state index contributed by atoms with van der Waals surface area (Å²) in [6.07, 6.45) is 2.29. The number of halogens is 1. The normalized spacial score (nSPS) is 10.3. The van der Waals surface area contributed by atoms with E-state index >= 15 is 0 Å². The van der Waals surface area contributed by atoms with Gasteiger partial charge in [0.1, 0.15) is 0 Å². The Labute approximate surface area is 118 Å². The molecule has 0 spiro atoms. The second kappa shape index (κ2) is 6.28. The molecule has 2 rings (SSSR count). The molecule has 0 bridgehead atoms. The standard InChI is InChI=1S/C16H17FN2O/c1-3-12-4-6-13(7-5-12)11-19(2)16(20)14-8-9-18-15(17)10-14/h4-10H,3,11H2,1-2H3. The molecule has 0 radical (unpaired) electrons. The molecule has 0 fully saturated rings. The highest BCUT2D eigenvalue weighted by Gasteiger charge is 2.12. The zero-order valence-electron chi connectivity index (χ0n) is 11.6. The van der Waals surface area contributed by atoms with Crippen molar-refractivity contribution in [1.29, 1.82) is 0 Å². The molecular formula is C16H17FN2O. The molecule has 0 N–H and O–H groups in total. The lowest BCUT2D eigenvalue weighted by Crippen LogP contribution is -2.26. The van der Waals surface area contributed by atoms with Gasteiger partial charge in [0, 0.05) is 31.4 Å². The molecule has 0 aliphatic heterocycles. The Morgan fingerprint density at radius 1 is 1.20 bits per heavy atom. The lowest BCUT2D eigenvalue weighted by molar-refractivity contribution is 0.0784. The number of hydrogen-bond acceptors (Lipinski definition) is 2. The molecule has 1 heterocycles. The molecule has 0 saturated heterocycles. The smallest absolute Gasteiger partial charge is 0.254 e. The summed E-state index contributed by atoms with van der Waals surface area (Å²) in [5.41, 5.74) is 2.62. The number of rotatable bonds is 4. The molecular weight excluding hydrogens is 255 g/mol. The minimum absolute atomic E-state index is 0.217. The highest BCUT2D eigenvalue weighted by atomic mass is 19.1. The Morgan fingerprint density at radius 3 is 2.45 bits per heavy atom. The molecule has 0 aliphatic carbocycles. The predicted molar refractivity (Wildman–Crippen MR) is 75.8 cm³/mol. The first-order valence-electron chi connectivity index (χ1n) is 6.55. The number of aryl methyl sites for hydroxylation is 1. The summed E-state index contributed by atoms with van der Waals surface area (Å²) in [5, 5.41) is 0. The summed E-state index contributed by atoms with van der Waals surface area (Å²) in [4.78, 5) is 17.2. The average Bonchev–Trinajstić information content (AvgIpc) is 2.47. The number of hydrogen-bond donors (Lipinski definition) is 0. The third-order valence-electron chi connectivity index (χ3n) is 3.17. The Balaban J connectivity index is 2.07. The molecule has 1 aromatic carbocycles. The molecule has 2 aromatic rings. The van der Waals surface area contributed by atoms with E-state index in [-0.39, 0.29) is 5.91 Å². The van der Waals surface area contributed by atoms with Crippen LogP contribution >= 0.6 is 0 Å². The summed E-state index contributed by atoms with van der Waals surface area (Å²) in [7, 11) is 1.70. The Hall–Kier alpha value is -2.23. The van der Waals surface area contributed by atoms with Crippen molar-refractivity contribution in [2.45, 2.75) is 19.9 Å². The predicted octanol–water partition coefficient (Wildman–Crippen LogP) is 3.06. The van der Waals surface area contributed by atoms with Crippen LogP contribution < -0.4 is 0 Å². The monoisotopic (exact) mass is 272 g/mol. The number of pyridine rings is 1. The van der Waals surface area contributed by atoms with Gasteiger partial charge in [0.25, 0.3) is 5.91 Å². The van der Waals surface area contributed by atoms with Crippen LogP contribution in [0.2, 0.25) is 0 Å². The van der Waals surface area contributed by atoms with Gasteiger partial charge in [-0.15, -0.1) is 0 Å². The van der Waals surface area contributed by atoms with Gasteiger partial charge >= 0.3 is 0 Å². The van der Waals surface area contributed by atoms with Crippen LogP contribution in [0.1, 0.15) is 28.4 Å². The summed E-state index contributed by atoms with van der Waals surface area (Å²) in [6, 6.07) is 10.8. The highest BCUT2D eigenvalue weighted by Crippen LogP contribution is 2.10. The lowest BCUT2D eigenvalue weighted by atomic mass is 10.1. The van der Waals surface area contributed by atoms with Gasteiger partial charge in [-0.2, -0.15) is 4.39 Å². The summed E-state index contributed by atoms with van der Waals surface area (Å²) < 4.78 is 13.0. The van der Waals surface area contributed by atoms with E-state index in [0.717, 1.165) is 18.1 Å². The number of benzene rings is 1.